The van der Waals surface area contributed by atoms with Crippen LogP contribution in [0, 0.1) is 5.41 Å². The molecule has 0 heterocycles. The molecule has 0 aromatic rings. The van der Waals surface area contributed by atoms with Crippen molar-refractivity contribution in [3.05, 3.63) is 0 Å². The zero-order valence-corrected chi connectivity index (χ0v) is 23.1. The topological polar surface area (TPSA) is 162 Å². The van der Waals surface area contributed by atoms with Gasteiger partial charge in [0.1, 0.15) is 25.0 Å². The van der Waals surface area contributed by atoms with Gasteiger partial charge in [-0.3, -0.25) is 14.4 Å². The monoisotopic (exact) mass is 533 g/mol. The third kappa shape index (κ3) is 19.6. The minimum Gasteiger partial charge on any atom is -0.480 e. The van der Waals surface area contributed by atoms with Gasteiger partial charge < -0.3 is 40.0 Å². The van der Waals surface area contributed by atoms with Gasteiger partial charge in [0.25, 0.3) is 0 Å². The van der Waals surface area contributed by atoms with Crippen LogP contribution < -0.4 is 16.0 Å². The number of nitrogens with one attached hydrogen (secondary N) is 3. The molecule has 1 atom stereocenters. The number of Topliss-reactive ketones (excluding diaryl/α,β-unsaturated/α-hetero) is 1. The first-order valence-corrected chi connectivity index (χ1v) is 12.9. The first-order chi connectivity index (χ1) is 17.5. The number of aliphatic carboxylic acids is 1. The van der Waals surface area contributed by atoms with Gasteiger partial charge in [-0.2, -0.15) is 0 Å². The summed E-state index contributed by atoms with van der Waals surface area (Å²) in [6.07, 6.45) is 0.743. The fourth-order valence-corrected chi connectivity index (χ4v) is 2.81. The number of carboxylic acid groups (broad SMARTS) is 1. The summed E-state index contributed by atoms with van der Waals surface area (Å²) in [7, 11) is 0. The quantitative estimate of drug-likeness (QED) is 0.129. The second kappa shape index (κ2) is 20.9. The second-order valence-corrected chi connectivity index (χ2v) is 9.45. The largest absolute Gasteiger partial charge is 0.480 e. The Kier molecular flexibility index (Phi) is 19.7. The van der Waals surface area contributed by atoms with Crippen molar-refractivity contribution in [2.75, 3.05) is 65.9 Å². The molecule has 216 valence electrons. The van der Waals surface area contributed by atoms with Crippen molar-refractivity contribution < 1.29 is 43.2 Å². The van der Waals surface area contributed by atoms with Gasteiger partial charge in [0.15, 0.2) is 0 Å². The lowest BCUT2D eigenvalue weighted by molar-refractivity contribution is -0.143. The van der Waals surface area contributed by atoms with Crippen LogP contribution in [0.5, 0.6) is 0 Å². The summed E-state index contributed by atoms with van der Waals surface area (Å²) < 4.78 is 21.1. The maximum atomic E-state index is 12.2. The van der Waals surface area contributed by atoms with Crippen molar-refractivity contribution in [3.8, 4) is 0 Å². The highest BCUT2D eigenvalue weighted by Crippen LogP contribution is 2.23. The van der Waals surface area contributed by atoms with E-state index in [4.69, 9.17) is 18.9 Å². The highest BCUT2D eigenvalue weighted by atomic mass is 16.5. The van der Waals surface area contributed by atoms with Crippen LogP contribution >= 0.6 is 0 Å². The lowest BCUT2D eigenvalue weighted by Gasteiger charge is -2.22. The van der Waals surface area contributed by atoms with Gasteiger partial charge in [-0.1, -0.05) is 34.6 Å². The Morgan fingerprint density at radius 2 is 1.35 bits per heavy atom. The molecule has 0 aromatic carbocycles. The molecule has 0 spiro atoms. The molecule has 0 saturated heterocycles. The summed E-state index contributed by atoms with van der Waals surface area (Å²) in [5, 5.41) is 17.6. The predicted octanol–water partition coefficient (Wildman–Crippen LogP) is 0.522. The van der Waals surface area contributed by atoms with Gasteiger partial charge in [-0.15, -0.1) is 0 Å². The van der Waals surface area contributed by atoms with Gasteiger partial charge in [-0.05, 0) is 12.8 Å². The summed E-state index contributed by atoms with van der Waals surface area (Å²) in [6.45, 7) is 12.2. The van der Waals surface area contributed by atoms with Gasteiger partial charge in [0, 0.05) is 31.0 Å². The minimum atomic E-state index is -1.20. The molecule has 0 radical (unpaired) electrons. The number of ketones is 1. The molecule has 0 rings (SSSR count). The fraction of sp³-hybridized carbons (Fsp3) is 0.840. The fourth-order valence-electron chi connectivity index (χ4n) is 2.81. The Morgan fingerprint density at radius 1 is 0.811 bits per heavy atom. The van der Waals surface area contributed by atoms with E-state index in [1.54, 1.807) is 0 Å². The molecular weight excluding hydrogens is 486 g/mol. The molecule has 12 nitrogen and oxygen atoms in total. The maximum absolute atomic E-state index is 12.2. The van der Waals surface area contributed by atoms with Gasteiger partial charge in [0.2, 0.25) is 11.8 Å². The van der Waals surface area contributed by atoms with Crippen LogP contribution in [0.4, 0.5) is 0 Å². The lowest BCUT2D eigenvalue weighted by atomic mass is 9.83. The van der Waals surface area contributed by atoms with Crippen LogP contribution in [0.3, 0.4) is 0 Å². The number of amides is 2. The molecule has 12 heteroatoms. The minimum absolute atomic E-state index is 0.0210. The zero-order chi connectivity index (χ0) is 28.1. The van der Waals surface area contributed by atoms with Gasteiger partial charge in [0.05, 0.1) is 39.6 Å². The van der Waals surface area contributed by atoms with Crippen LogP contribution in [0.2, 0.25) is 0 Å². The first-order valence-electron chi connectivity index (χ1n) is 12.9. The summed E-state index contributed by atoms with van der Waals surface area (Å²) in [4.78, 5) is 47.2. The molecule has 0 aromatic heterocycles. The Morgan fingerprint density at radius 3 is 1.89 bits per heavy atom. The molecule has 4 N–H and O–H groups in total. The summed E-state index contributed by atoms with van der Waals surface area (Å²) in [5.74, 6) is -2.08. The number of hydrogen-bond acceptors (Lipinski definition) is 9. The molecule has 37 heavy (non-hydrogen) atoms. The Hall–Kier alpha value is -2.12. The summed E-state index contributed by atoms with van der Waals surface area (Å²) in [6, 6.07) is -0.742. The van der Waals surface area contributed by atoms with Crippen molar-refractivity contribution in [1.82, 2.24) is 16.0 Å². The SMILES string of the molecule is CCC(C)(C)C(=O)CCC(NC(=O)COCCOCCNC(=O)COCCOCCNC(C)C)C(=O)O. The van der Waals surface area contributed by atoms with Gasteiger partial charge >= 0.3 is 5.97 Å². The number of carbonyl (C=O) groups excluding carboxylic acids is 3. The van der Waals surface area contributed by atoms with Crippen LogP contribution in [0.1, 0.15) is 53.9 Å². The highest BCUT2D eigenvalue weighted by molar-refractivity contribution is 5.86. The highest BCUT2D eigenvalue weighted by Gasteiger charge is 2.27. The molecule has 0 bridgehead atoms. The van der Waals surface area contributed by atoms with Crippen molar-refractivity contribution >= 4 is 23.6 Å². The van der Waals surface area contributed by atoms with E-state index < -0.39 is 23.3 Å². The van der Waals surface area contributed by atoms with Crippen molar-refractivity contribution in [3.63, 3.8) is 0 Å². The molecule has 0 aliphatic carbocycles. The van der Waals surface area contributed by atoms with Crippen LogP contribution in [0.15, 0.2) is 0 Å². The van der Waals surface area contributed by atoms with Crippen LogP contribution in [-0.2, 0) is 38.1 Å². The standard InChI is InChI=1S/C25H47N3O9/c1-6-25(4,5)21(29)8-7-20(24(32)33)28-23(31)18-37-16-14-35-12-10-27-22(30)17-36-15-13-34-11-9-26-19(2)3/h19-20,26H,6-18H2,1-5H3,(H,27,30)(H,28,31)(H,32,33). The predicted molar refractivity (Wildman–Crippen MR) is 137 cm³/mol. The van der Waals surface area contributed by atoms with E-state index >= 15 is 0 Å². The Balaban J connectivity index is 3.75. The van der Waals surface area contributed by atoms with Crippen LogP contribution in [-0.4, -0.2) is 107 Å². The Labute approximate surface area is 220 Å². The average Bonchev–Trinajstić information content (AvgIpc) is 2.84. The van der Waals surface area contributed by atoms with Crippen LogP contribution in [0.25, 0.3) is 0 Å². The number of hydrogen-bond donors (Lipinski definition) is 4. The number of carboxylic acids is 1. The third-order valence-corrected chi connectivity index (χ3v) is 5.51. The van der Waals surface area contributed by atoms with Crippen molar-refractivity contribution in [2.45, 2.75) is 66.0 Å². The summed E-state index contributed by atoms with van der Waals surface area (Å²) >= 11 is 0. The first kappa shape index (κ1) is 34.9. The maximum Gasteiger partial charge on any atom is 0.326 e. The van der Waals surface area contributed by atoms with E-state index in [0.29, 0.717) is 38.8 Å². The van der Waals surface area contributed by atoms with E-state index in [9.17, 15) is 24.3 Å². The molecule has 0 aliphatic rings. The van der Waals surface area contributed by atoms with E-state index in [1.807, 2.05) is 20.8 Å². The number of ether oxygens (including phenoxy) is 4. The molecular formula is C25H47N3O9. The van der Waals surface area contributed by atoms with E-state index in [0.717, 1.165) is 6.54 Å². The lowest BCUT2D eigenvalue weighted by Crippen LogP contribution is -2.43. The van der Waals surface area contributed by atoms with E-state index in [-0.39, 0.29) is 57.6 Å². The number of carbonyl (C=O) groups is 4. The molecule has 1 unspecified atom stereocenters. The van der Waals surface area contributed by atoms with E-state index in [1.165, 1.54) is 0 Å². The zero-order valence-electron chi connectivity index (χ0n) is 23.1. The second-order valence-electron chi connectivity index (χ2n) is 9.45. The number of rotatable bonds is 24. The summed E-state index contributed by atoms with van der Waals surface area (Å²) in [5.41, 5.74) is -0.521. The van der Waals surface area contributed by atoms with Crippen molar-refractivity contribution in [2.24, 2.45) is 5.41 Å². The Bertz CT molecular complexity index is 672. The molecule has 0 aliphatic heterocycles. The third-order valence-electron chi connectivity index (χ3n) is 5.51. The molecule has 0 saturated carbocycles. The normalized spacial score (nSPS) is 12.4. The average molecular weight is 534 g/mol. The smallest absolute Gasteiger partial charge is 0.326 e. The molecule has 2 amide bonds. The molecule has 0 fully saturated rings. The van der Waals surface area contributed by atoms with Crippen molar-refractivity contribution in [1.29, 1.82) is 0 Å². The van der Waals surface area contributed by atoms with Gasteiger partial charge in [-0.25, -0.2) is 4.79 Å². The van der Waals surface area contributed by atoms with E-state index in [2.05, 4.69) is 29.8 Å².